The molecule has 0 saturated carbocycles. The maximum absolute atomic E-state index is 13.0. The molecule has 8 aromatic rings. The monoisotopic (exact) mass is 588 g/mol. The van der Waals surface area contributed by atoms with Crippen LogP contribution in [-0.4, -0.2) is 11.6 Å². The van der Waals surface area contributed by atoms with Crippen LogP contribution in [0.15, 0.2) is 146 Å². The molecule has 0 bridgehead atoms. The second-order valence-corrected chi connectivity index (χ2v) is 12.4. The van der Waals surface area contributed by atoms with E-state index >= 15 is 0 Å². The van der Waals surface area contributed by atoms with Crippen molar-refractivity contribution in [2.45, 2.75) is 12.8 Å². The lowest BCUT2D eigenvalue weighted by atomic mass is 9.82. The summed E-state index contributed by atoms with van der Waals surface area (Å²) in [6.07, 6.45) is 1.65. The average molecular weight is 589 g/mol. The first kappa shape index (κ1) is 26.5. The van der Waals surface area contributed by atoms with E-state index in [0.29, 0.717) is 0 Å². The van der Waals surface area contributed by atoms with Crippen molar-refractivity contribution in [3.63, 3.8) is 0 Å². The van der Waals surface area contributed by atoms with Gasteiger partial charge in [-0.15, -0.1) is 0 Å². The largest absolute Gasteiger partial charge is 0.289 e. The van der Waals surface area contributed by atoms with Gasteiger partial charge in [-0.1, -0.05) is 121 Å². The Bertz CT molecular complexity index is 2220. The van der Waals surface area contributed by atoms with Crippen molar-refractivity contribution in [2.75, 3.05) is 0 Å². The summed E-state index contributed by atoms with van der Waals surface area (Å²) in [5, 5.41) is 9.30. The highest BCUT2D eigenvalue weighted by molar-refractivity contribution is 6.16. The van der Waals surface area contributed by atoms with E-state index in [1.165, 1.54) is 21.5 Å². The van der Waals surface area contributed by atoms with E-state index < -0.39 is 0 Å². The summed E-state index contributed by atoms with van der Waals surface area (Å²) in [7, 11) is 0. The van der Waals surface area contributed by atoms with E-state index in [-0.39, 0.29) is 11.6 Å². The maximum Gasteiger partial charge on any atom is 0.193 e. The smallest absolute Gasteiger partial charge is 0.193 e. The van der Waals surface area contributed by atoms with Crippen LogP contribution in [0.5, 0.6) is 0 Å². The van der Waals surface area contributed by atoms with E-state index in [0.717, 1.165) is 78.9 Å². The van der Waals surface area contributed by atoms with Gasteiger partial charge in [0, 0.05) is 22.3 Å². The van der Waals surface area contributed by atoms with Gasteiger partial charge in [0.25, 0.3) is 0 Å². The number of benzene rings is 8. The molecule has 10 rings (SSSR count). The van der Waals surface area contributed by atoms with Crippen molar-refractivity contribution >= 4 is 54.7 Å². The summed E-state index contributed by atoms with van der Waals surface area (Å²) in [6, 6.07) is 49.8. The summed E-state index contributed by atoms with van der Waals surface area (Å²) in [5.41, 5.74) is 7.96. The normalized spacial score (nSPS) is 13.1. The third-order valence-corrected chi connectivity index (χ3v) is 9.63. The zero-order chi connectivity index (χ0) is 30.8. The number of ketones is 2. The molecule has 216 valence electrons. The fourth-order valence-corrected chi connectivity index (χ4v) is 7.28. The zero-order valence-corrected chi connectivity index (χ0v) is 25.1. The van der Waals surface area contributed by atoms with Gasteiger partial charge in [-0.3, -0.25) is 9.59 Å². The van der Waals surface area contributed by atoms with Gasteiger partial charge >= 0.3 is 0 Å². The molecule has 2 aliphatic carbocycles. The Morgan fingerprint density at radius 3 is 0.696 bits per heavy atom. The van der Waals surface area contributed by atoms with E-state index in [1.54, 1.807) is 0 Å². The molecule has 46 heavy (non-hydrogen) atoms. The van der Waals surface area contributed by atoms with Crippen LogP contribution in [0.3, 0.4) is 0 Å². The van der Waals surface area contributed by atoms with Crippen molar-refractivity contribution in [1.29, 1.82) is 0 Å². The third-order valence-electron chi connectivity index (χ3n) is 9.63. The minimum Gasteiger partial charge on any atom is -0.289 e. The van der Waals surface area contributed by atoms with Crippen LogP contribution in [0.1, 0.15) is 54.1 Å². The standard InChI is InChI=1S/2C22H14O/c2*23-22-20-12-16-7-3-1-5-14(16)9-18(20)11-19-10-15-6-2-4-8-17(15)13-21(19)22/h2*1-10,12-13H,11H2. The molecule has 0 radical (unpaired) electrons. The Balaban J connectivity index is 0.000000127. The molecule has 2 aliphatic rings. The van der Waals surface area contributed by atoms with Crippen LogP contribution in [-0.2, 0) is 12.8 Å². The number of rotatable bonds is 0. The molecule has 2 heteroatoms. The number of carbonyl (C=O) groups is 2. The predicted molar refractivity (Wildman–Crippen MR) is 188 cm³/mol. The van der Waals surface area contributed by atoms with Crippen LogP contribution in [0.2, 0.25) is 0 Å². The fourth-order valence-electron chi connectivity index (χ4n) is 7.28. The van der Waals surface area contributed by atoms with Gasteiger partial charge in [0.1, 0.15) is 0 Å². The van der Waals surface area contributed by atoms with E-state index in [1.807, 2.05) is 72.8 Å². The lowest BCUT2D eigenvalue weighted by Gasteiger charge is -2.20. The van der Waals surface area contributed by atoms with Crippen LogP contribution >= 0.6 is 0 Å². The van der Waals surface area contributed by atoms with Gasteiger partial charge in [-0.05, 0) is 102 Å². The molecule has 8 aromatic carbocycles. The second kappa shape index (κ2) is 10.4. The molecule has 0 heterocycles. The van der Waals surface area contributed by atoms with Gasteiger partial charge in [0.15, 0.2) is 11.6 Å². The SMILES string of the molecule is O=C1c2cc3ccccc3cc2Cc2cc3ccccc3cc21.O=C1c2cc3ccccc3cc2Cc2cc3ccccc3cc21. The van der Waals surface area contributed by atoms with Gasteiger partial charge in [0.2, 0.25) is 0 Å². The molecule has 0 unspecified atom stereocenters. The Labute approximate surface area is 266 Å². The summed E-state index contributed by atoms with van der Waals surface area (Å²) in [5.74, 6) is 0.301. The molecule has 0 saturated heterocycles. The van der Waals surface area contributed by atoms with Crippen molar-refractivity contribution in [1.82, 2.24) is 0 Å². The maximum atomic E-state index is 13.0. The predicted octanol–water partition coefficient (Wildman–Crippen LogP) is 10.3. The highest BCUT2D eigenvalue weighted by Crippen LogP contribution is 2.34. The van der Waals surface area contributed by atoms with Crippen molar-refractivity contribution in [3.05, 3.63) is 190 Å². The van der Waals surface area contributed by atoms with E-state index in [4.69, 9.17) is 0 Å². The minimum atomic E-state index is 0.151. The fraction of sp³-hybridized carbons (Fsp3) is 0.0455. The molecule has 2 nitrogen and oxygen atoms in total. The third kappa shape index (κ3) is 4.34. The summed E-state index contributed by atoms with van der Waals surface area (Å²) in [4.78, 5) is 26.0. The number of hydrogen-bond donors (Lipinski definition) is 0. The quantitative estimate of drug-likeness (QED) is 0.177. The molecule has 0 spiro atoms. The molecular formula is C44H28O2. The van der Waals surface area contributed by atoms with Gasteiger partial charge in [-0.25, -0.2) is 0 Å². The minimum absolute atomic E-state index is 0.151. The highest BCUT2D eigenvalue weighted by atomic mass is 16.1. The molecule has 0 aliphatic heterocycles. The van der Waals surface area contributed by atoms with E-state index in [2.05, 4.69) is 72.8 Å². The van der Waals surface area contributed by atoms with Gasteiger partial charge in [-0.2, -0.15) is 0 Å². The van der Waals surface area contributed by atoms with Crippen molar-refractivity contribution in [2.24, 2.45) is 0 Å². The summed E-state index contributed by atoms with van der Waals surface area (Å²) >= 11 is 0. The first-order valence-corrected chi connectivity index (χ1v) is 15.8. The Kier molecular flexibility index (Phi) is 5.97. The molecule has 0 atom stereocenters. The van der Waals surface area contributed by atoms with Crippen LogP contribution in [0.4, 0.5) is 0 Å². The Morgan fingerprint density at radius 1 is 0.283 bits per heavy atom. The van der Waals surface area contributed by atoms with Crippen LogP contribution in [0.25, 0.3) is 43.1 Å². The highest BCUT2D eigenvalue weighted by Gasteiger charge is 2.25. The average Bonchev–Trinajstić information content (AvgIpc) is 3.09. The first-order valence-electron chi connectivity index (χ1n) is 15.8. The van der Waals surface area contributed by atoms with Crippen molar-refractivity contribution in [3.8, 4) is 0 Å². The molecule has 0 amide bonds. The molecule has 0 fully saturated rings. The molecule has 0 N–H and O–H groups in total. The number of carbonyl (C=O) groups excluding carboxylic acids is 2. The number of hydrogen-bond acceptors (Lipinski definition) is 2. The summed E-state index contributed by atoms with van der Waals surface area (Å²) in [6.45, 7) is 0. The Hall–Kier alpha value is -5.86. The molecule has 0 aromatic heterocycles. The molecular weight excluding hydrogens is 560 g/mol. The zero-order valence-electron chi connectivity index (χ0n) is 25.1. The second-order valence-electron chi connectivity index (χ2n) is 12.4. The van der Waals surface area contributed by atoms with Crippen LogP contribution in [0, 0.1) is 0 Å². The summed E-state index contributed by atoms with van der Waals surface area (Å²) < 4.78 is 0. The van der Waals surface area contributed by atoms with Gasteiger partial charge < -0.3 is 0 Å². The lowest BCUT2D eigenvalue weighted by molar-refractivity contribution is 0.102. The van der Waals surface area contributed by atoms with Crippen molar-refractivity contribution < 1.29 is 9.59 Å². The topological polar surface area (TPSA) is 34.1 Å². The Morgan fingerprint density at radius 2 is 0.478 bits per heavy atom. The van der Waals surface area contributed by atoms with Crippen LogP contribution < -0.4 is 0 Å². The number of fused-ring (bicyclic) bond motifs is 8. The first-order chi connectivity index (χ1) is 22.6. The lowest BCUT2D eigenvalue weighted by Crippen LogP contribution is -2.15. The van der Waals surface area contributed by atoms with E-state index in [9.17, 15) is 9.59 Å². The van der Waals surface area contributed by atoms with Gasteiger partial charge in [0.05, 0.1) is 0 Å².